The monoisotopic (exact) mass is 287 g/mol. The summed E-state index contributed by atoms with van der Waals surface area (Å²) in [4.78, 5) is 12.1. The average molecular weight is 287 g/mol. The highest BCUT2D eigenvalue weighted by atomic mass is 16.5. The van der Waals surface area contributed by atoms with Gasteiger partial charge in [0, 0.05) is 11.3 Å². The first-order valence-corrected chi connectivity index (χ1v) is 6.55. The lowest BCUT2D eigenvalue weighted by Crippen LogP contribution is -2.11. The van der Waals surface area contributed by atoms with Crippen molar-refractivity contribution in [3.63, 3.8) is 0 Å². The van der Waals surface area contributed by atoms with Gasteiger partial charge in [0.25, 0.3) is 5.91 Å². The van der Waals surface area contributed by atoms with Gasteiger partial charge in [0.15, 0.2) is 11.5 Å². The molecule has 0 aliphatic rings. The summed E-state index contributed by atoms with van der Waals surface area (Å²) < 4.78 is 10.3. The predicted molar refractivity (Wildman–Crippen MR) is 80.2 cm³/mol. The van der Waals surface area contributed by atoms with Crippen LogP contribution in [0.2, 0.25) is 0 Å². The molecule has 0 aromatic heterocycles. The van der Waals surface area contributed by atoms with E-state index in [1.54, 1.807) is 36.4 Å². The number of nitrogens with one attached hydrogen (secondary N) is 1. The number of methoxy groups -OCH3 is 1. The maximum Gasteiger partial charge on any atom is 0.255 e. The lowest BCUT2D eigenvalue weighted by Gasteiger charge is -2.08. The Kier molecular flexibility index (Phi) is 4.66. The van der Waals surface area contributed by atoms with Gasteiger partial charge in [-0.3, -0.25) is 4.79 Å². The van der Waals surface area contributed by atoms with Crippen molar-refractivity contribution in [2.75, 3.05) is 19.0 Å². The number of carbonyl (C=O) groups excluding carboxylic acids is 1. The van der Waals surface area contributed by atoms with Crippen LogP contribution in [0.15, 0.2) is 42.5 Å². The van der Waals surface area contributed by atoms with Crippen molar-refractivity contribution >= 4 is 11.6 Å². The molecule has 0 spiro atoms. The first kappa shape index (κ1) is 14.7. The Morgan fingerprint density at radius 2 is 1.90 bits per heavy atom. The Morgan fingerprint density at radius 3 is 2.48 bits per heavy atom. The highest BCUT2D eigenvalue weighted by Gasteiger charge is 2.10. The zero-order valence-electron chi connectivity index (χ0n) is 11.9. The van der Waals surface area contributed by atoms with Crippen LogP contribution in [0, 0.1) is 0 Å². The molecule has 0 atom stereocenters. The number of ether oxygens (including phenoxy) is 2. The largest absolute Gasteiger partial charge is 0.504 e. The fraction of sp³-hybridized carbons (Fsp3) is 0.188. The van der Waals surface area contributed by atoms with Crippen LogP contribution in [-0.2, 0) is 0 Å². The second-order valence-electron chi connectivity index (χ2n) is 4.30. The van der Waals surface area contributed by atoms with Gasteiger partial charge in [-0.15, -0.1) is 0 Å². The summed E-state index contributed by atoms with van der Waals surface area (Å²) in [5.41, 5.74) is 1.00. The zero-order valence-corrected chi connectivity index (χ0v) is 11.9. The zero-order chi connectivity index (χ0) is 15.2. The van der Waals surface area contributed by atoms with Crippen LogP contribution in [0.5, 0.6) is 17.2 Å². The molecule has 0 saturated carbocycles. The third-order valence-corrected chi connectivity index (χ3v) is 2.86. The van der Waals surface area contributed by atoms with Crippen molar-refractivity contribution in [1.29, 1.82) is 0 Å². The SMILES string of the molecule is CCOc1ccc(NC(=O)c2ccc(OC)c(O)c2)cc1. The minimum absolute atomic E-state index is 0.0724. The number of hydrogen-bond acceptors (Lipinski definition) is 4. The van der Waals surface area contributed by atoms with Crippen LogP contribution in [-0.4, -0.2) is 24.7 Å². The molecular weight excluding hydrogens is 270 g/mol. The summed E-state index contributed by atoms with van der Waals surface area (Å²) in [6.45, 7) is 2.50. The molecule has 0 bridgehead atoms. The molecule has 0 aliphatic heterocycles. The molecule has 0 fully saturated rings. The highest BCUT2D eigenvalue weighted by Crippen LogP contribution is 2.26. The lowest BCUT2D eigenvalue weighted by molar-refractivity contribution is 0.102. The van der Waals surface area contributed by atoms with Gasteiger partial charge in [-0.1, -0.05) is 0 Å². The summed E-state index contributed by atoms with van der Waals surface area (Å²) in [7, 11) is 1.45. The van der Waals surface area contributed by atoms with Gasteiger partial charge in [0.1, 0.15) is 5.75 Å². The molecule has 2 N–H and O–H groups in total. The van der Waals surface area contributed by atoms with Crippen LogP contribution in [0.25, 0.3) is 0 Å². The fourth-order valence-electron chi connectivity index (χ4n) is 1.84. The van der Waals surface area contributed by atoms with Gasteiger partial charge in [-0.25, -0.2) is 0 Å². The van der Waals surface area contributed by atoms with E-state index in [4.69, 9.17) is 9.47 Å². The van der Waals surface area contributed by atoms with Gasteiger partial charge in [-0.2, -0.15) is 0 Å². The Bertz CT molecular complexity index is 623. The summed E-state index contributed by atoms with van der Waals surface area (Å²) in [6, 6.07) is 11.6. The van der Waals surface area contributed by atoms with Gasteiger partial charge in [0.05, 0.1) is 13.7 Å². The fourth-order valence-corrected chi connectivity index (χ4v) is 1.84. The molecule has 1 amide bonds. The maximum atomic E-state index is 12.1. The van der Waals surface area contributed by atoms with E-state index in [9.17, 15) is 9.90 Å². The standard InChI is InChI=1S/C16H17NO4/c1-3-21-13-7-5-12(6-8-13)17-16(19)11-4-9-15(20-2)14(18)10-11/h4-10,18H,3H2,1-2H3,(H,17,19). The van der Waals surface area contributed by atoms with Crippen LogP contribution in [0.3, 0.4) is 0 Å². The van der Waals surface area contributed by atoms with Crippen LogP contribution >= 0.6 is 0 Å². The minimum Gasteiger partial charge on any atom is -0.504 e. The number of amides is 1. The molecule has 0 saturated heterocycles. The van der Waals surface area contributed by atoms with Crippen molar-refractivity contribution in [2.24, 2.45) is 0 Å². The first-order valence-electron chi connectivity index (χ1n) is 6.55. The topological polar surface area (TPSA) is 67.8 Å². The van der Waals surface area contributed by atoms with Crippen molar-refractivity contribution in [3.8, 4) is 17.2 Å². The summed E-state index contributed by atoms with van der Waals surface area (Å²) in [5, 5.41) is 12.4. The van der Waals surface area contributed by atoms with Gasteiger partial charge in [-0.05, 0) is 49.4 Å². The molecule has 5 nitrogen and oxygen atoms in total. The van der Waals surface area contributed by atoms with Crippen molar-refractivity contribution in [3.05, 3.63) is 48.0 Å². The number of phenols is 1. The molecule has 5 heteroatoms. The molecule has 2 aromatic carbocycles. The van der Waals surface area contributed by atoms with E-state index in [1.165, 1.54) is 13.2 Å². The van der Waals surface area contributed by atoms with Crippen molar-refractivity contribution in [2.45, 2.75) is 6.92 Å². The molecule has 0 radical (unpaired) electrons. The molecule has 2 rings (SSSR count). The Hall–Kier alpha value is -2.69. The van der Waals surface area contributed by atoms with E-state index in [0.717, 1.165) is 5.75 Å². The number of phenolic OH excluding ortho intramolecular Hbond substituents is 1. The molecule has 0 heterocycles. The number of anilines is 1. The number of benzene rings is 2. The molecule has 21 heavy (non-hydrogen) atoms. The summed E-state index contributed by atoms with van der Waals surface area (Å²) in [5.74, 6) is 0.694. The quantitative estimate of drug-likeness (QED) is 0.887. The Morgan fingerprint density at radius 1 is 1.19 bits per heavy atom. The predicted octanol–water partition coefficient (Wildman–Crippen LogP) is 3.05. The third kappa shape index (κ3) is 3.66. The van der Waals surface area contributed by atoms with Crippen molar-refractivity contribution in [1.82, 2.24) is 0 Å². The summed E-state index contributed by atoms with van der Waals surface area (Å²) >= 11 is 0. The van der Waals surface area contributed by atoms with Gasteiger partial charge >= 0.3 is 0 Å². The van der Waals surface area contributed by atoms with E-state index in [2.05, 4.69) is 5.32 Å². The maximum absolute atomic E-state index is 12.1. The number of rotatable bonds is 5. The van der Waals surface area contributed by atoms with Gasteiger partial charge in [0.2, 0.25) is 0 Å². The van der Waals surface area contributed by atoms with Gasteiger partial charge < -0.3 is 19.9 Å². The Labute approximate surface area is 123 Å². The molecular formula is C16H17NO4. The average Bonchev–Trinajstić information content (AvgIpc) is 2.49. The van der Waals surface area contributed by atoms with Crippen LogP contribution in [0.4, 0.5) is 5.69 Å². The first-order chi connectivity index (χ1) is 10.1. The van der Waals surface area contributed by atoms with E-state index in [0.29, 0.717) is 23.6 Å². The summed E-state index contributed by atoms with van der Waals surface area (Å²) in [6.07, 6.45) is 0. The second-order valence-corrected chi connectivity index (χ2v) is 4.30. The number of carbonyl (C=O) groups is 1. The van der Waals surface area contributed by atoms with E-state index in [-0.39, 0.29) is 11.7 Å². The number of hydrogen-bond donors (Lipinski definition) is 2. The van der Waals surface area contributed by atoms with E-state index >= 15 is 0 Å². The smallest absolute Gasteiger partial charge is 0.255 e. The molecule has 2 aromatic rings. The van der Waals surface area contributed by atoms with E-state index in [1.807, 2.05) is 6.92 Å². The van der Waals surface area contributed by atoms with E-state index < -0.39 is 0 Å². The normalized spacial score (nSPS) is 10.0. The number of aromatic hydroxyl groups is 1. The second kappa shape index (κ2) is 6.65. The van der Waals surface area contributed by atoms with Crippen LogP contribution in [0.1, 0.15) is 17.3 Å². The highest BCUT2D eigenvalue weighted by molar-refractivity contribution is 6.04. The van der Waals surface area contributed by atoms with Crippen molar-refractivity contribution < 1.29 is 19.4 Å². The minimum atomic E-state index is -0.308. The lowest BCUT2D eigenvalue weighted by atomic mass is 10.2. The Balaban J connectivity index is 2.08. The molecule has 0 unspecified atom stereocenters. The molecule has 0 aliphatic carbocycles. The molecule has 110 valence electrons. The van der Waals surface area contributed by atoms with Crippen LogP contribution < -0.4 is 14.8 Å². The third-order valence-electron chi connectivity index (χ3n) is 2.86.